The van der Waals surface area contributed by atoms with Crippen LogP contribution in [0.2, 0.25) is 0 Å². The molecule has 5 aromatic rings. The molecule has 0 aliphatic carbocycles. The first kappa shape index (κ1) is 65.4. The van der Waals surface area contributed by atoms with Crippen LogP contribution < -0.4 is 16.3 Å². The topological polar surface area (TPSA) is 129 Å². The van der Waals surface area contributed by atoms with Gasteiger partial charge in [-0.2, -0.15) is 0 Å². The van der Waals surface area contributed by atoms with Gasteiger partial charge in [0, 0.05) is 48.2 Å². The molecule has 75 heavy (non-hydrogen) atoms. The van der Waals surface area contributed by atoms with E-state index in [0.717, 1.165) is 70.8 Å². The van der Waals surface area contributed by atoms with Crippen molar-refractivity contribution in [1.29, 1.82) is 0 Å². The number of carbonyl (C=O) groups excluding carboxylic acids is 3. The van der Waals surface area contributed by atoms with Gasteiger partial charge < -0.3 is 15.6 Å². The second-order valence-corrected chi connectivity index (χ2v) is 19.9. The Morgan fingerprint density at radius 3 is 1.97 bits per heavy atom. The number of hydrogen-bond donors (Lipinski definition) is 3. The number of carbonyl (C=O) groups is 3. The summed E-state index contributed by atoms with van der Waals surface area (Å²) in [5.41, 5.74) is 10.5. The molecule has 2 atom stereocenters. The molecule has 2 saturated heterocycles. The van der Waals surface area contributed by atoms with Crippen LogP contribution >= 0.6 is 0 Å². The number of rotatable bonds is 15. The zero-order valence-electron chi connectivity index (χ0n) is 49.0. The summed E-state index contributed by atoms with van der Waals surface area (Å²) in [5.74, 6) is 1.15. The van der Waals surface area contributed by atoms with E-state index in [1.54, 1.807) is 37.6 Å². The Bertz CT molecular complexity index is 2540. The summed E-state index contributed by atoms with van der Waals surface area (Å²) in [6.45, 7) is 31.6. The third-order valence-corrected chi connectivity index (χ3v) is 14.3. The number of aromatic amines is 1. The van der Waals surface area contributed by atoms with E-state index >= 15 is 0 Å². The molecular weight excluding hydrogens is 936 g/mol. The van der Waals surface area contributed by atoms with E-state index in [0.29, 0.717) is 36.1 Å². The van der Waals surface area contributed by atoms with E-state index in [1.807, 2.05) is 38.2 Å². The molecule has 1 amide bonds. The molecule has 2 aromatic heterocycles. The van der Waals surface area contributed by atoms with Crippen molar-refractivity contribution in [2.24, 2.45) is 13.0 Å². The highest BCUT2D eigenvalue weighted by Gasteiger charge is 2.26. The first-order valence-electron chi connectivity index (χ1n) is 28.5. The SMILES string of the molecule is CC.CC(=O)c1ccc(C2CCN(C(C)/C(C)=C/c3c(-c4ccc5[nH]c(=O)n(C)c5c4)ccnc3C)CC2)cc1.CCCC.CCCC.CCCC(CC)CCC.Cc1ccc(NC2CCC(=O)CNC2=O)cc1F. The van der Waals surface area contributed by atoms with Gasteiger partial charge in [0.2, 0.25) is 5.91 Å². The number of nitrogens with one attached hydrogen (secondary N) is 3. The quantitative estimate of drug-likeness (QED) is 0.0891. The van der Waals surface area contributed by atoms with Crippen molar-refractivity contribution < 1.29 is 18.8 Å². The number of imidazole rings is 1. The largest absolute Gasteiger partial charge is 0.374 e. The third-order valence-electron chi connectivity index (χ3n) is 14.3. The van der Waals surface area contributed by atoms with E-state index in [-0.39, 0.29) is 35.5 Å². The smallest absolute Gasteiger partial charge is 0.326 e. The minimum Gasteiger partial charge on any atom is -0.374 e. The van der Waals surface area contributed by atoms with Gasteiger partial charge in [0.15, 0.2) is 11.6 Å². The van der Waals surface area contributed by atoms with E-state index in [2.05, 4.69) is 131 Å². The minimum absolute atomic E-state index is 0.0164. The van der Waals surface area contributed by atoms with Crippen molar-refractivity contribution in [1.82, 2.24) is 24.8 Å². The van der Waals surface area contributed by atoms with Crippen LogP contribution in [0.3, 0.4) is 0 Å². The zero-order valence-corrected chi connectivity index (χ0v) is 49.0. The lowest BCUT2D eigenvalue weighted by Gasteiger charge is -2.37. The minimum atomic E-state index is -0.487. The average molecular weight is 1030 g/mol. The van der Waals surface area contributed by atoms with Gasteiger partial charge in [0.05, 0.1) is 17.6 Å². The summed E-state index contributed by atoms with van der Waals surface area (Å²) in [5, 5.41) is 5.50. The number of halogens is 1. The number of unbranched alkanes of at least 4 members (excludes halogenated alkanes) is 2. The molecule has 3 N–H and O–H groups in total. The predicted molar refractivity (Wildman–Crippen MR) is 317 cm³/mol. The van der Waals surface area contributed by atoms with Gasteiger partial charge in [-0.15, -0.1) is 0 Å². The van der Waals surface area contributed by atoms with Gasteiger partial charge >= 0.3 is 5.69 Å². The van der Waals surface area contributed by atoms with Gasteiger partial charge in [0.25, 0.3) is 0 Å². The van der Waals surface area contributed by atoms with Crippen LogP contribution in [-0.2, 0) is 16.6 Å². The second kappa shape index (κ2) is 35.6. The molecule has 0 bridgehead atoms. The van der Waals surface area contributed by atoms with E-state index in [1.165, 1.54) is 75.0 Å². The Morgan fingerprint density at radius 1 is 0.813 bits per heavy atom. The van der Waals surface area contributed by atoms with Gasteiger partial charge in [0.1, 0.15) is 11.9 Å². The fourth-order valence-corrected chi connectivity index (χ4v) is 8.87. The maximum Gasteiger partial charge on any atom is 0.326 e. The average Bonchev–Trinajstić information content (AvgIpc) is 3.61. The van der Waals surface area contributed by atoms with Crippen molar-refractivity contribution in [2.75, 3.05) is 25.0 Å². The molecule has 0 spiro atoms. The summed E-state index contributed by atoms with van der Waals surface area (Å²) < 4.78 is 15.0. The van der Waals surface area contributed by atoms with E-state index < -0.39 is 6.04 Å². The summed E-state index contributed by atoms with van der Waals surface area (Å²) in [4.78, 5) is 56.7. The number of fused-ring (bicyclic) bond motifs is 1. The molecule has 0 saturated carbocycles. The summed E-state index contributed by atoms with van der Waals surface area (Å²) in [6, 6.07) is 20.9. The first-order chi connectivity index (χ1) is 36.0. The number of benzene rings is 3. The van der Waals surface area contributed by atoms with Gasteiger partial charge in [-0.25, -0.2) is 9.18 Å². The Labute approximate surface area is 452 Å². The van der Waals surface area contributed by atoms with Crippen LogP contribution in [0.5, 0.6) is 0 Å². The fourth-order valence-electron chi connectivity index (χ4n) is 8.87. The van der Waals surface area contributed by atoms with Crippen LogP contribution in [0.25, 0.3) is 28.2 Å². The highest BCUT2D eigenvalue weighted by Crippen LogP contribution is 2.33. The van der Waals surface area contributed by atoms with Crippen molar-refractivity contribution in [3.8, 4) is 11.1 Å². The van der Waals surface area contributed by atoms with Crippen molar-refractivity contribution in [3.05, 3.63) is 123 Å². The number of piperidine rings is 1. The van der Waals surface area contributed by atoms with Crippen LogP contribution in [0, 0.1) is 25.6 Å². The molecule has 2 unspecified atom stereocenters. The predicted octanol–water partition coefficient (Wildman–Crippen LogP) is 15.8. The maximum atomic E-state index is 13.4. The lowest BCUT2D eigenvalue weighted by atomic mass is 9.87. The van der Waals surface area contributed by atoms with Crippen molar-refractivity contribution >= 4 is 40.3 Å². The Morgan fingerprint density at radius 2 is 1.43 bits per heavy atom. The maximum absolute atomic E-state index is 13.4. The van der Waals surface area contributed by atoms with E-state index in [4.69, 9.17) is 0 Å². The number of amides is 1. The number of ketones is 2. The van der Waals surface area contributed by atoms with Gasteiger partial charge in [-0.3, -0.25) is 28.8 Å². The second-order valence-electron chi connectivity index (χ2n) is 19.9. The molecule has 2 aliphatic heterocycles. The lowest BCUT2D eigenvalue weighted by molar-refractivity contribution is -0.123. The molecular formula is C64H97FN6O4. The van der Waals surface area contributed by atoms with Gasteiger partial charge in [-0.1, -0.05) is 168 Å². The highest BCUT2D eigenvalue weighted by molar-refractivity contribution is 5.94. The third kappa shape index (κ3) is 21.5. The van der Waals surface area contributed by atoms with Crippen LogP contribution in [0.4, 0.5) is 10.1 Å². The molecule has 414 valence electrons. The molecule has 2 fully saturated rings. The number of aromatic nitrogens is 3. The van der Waals surface area contributed by atoms with Crippen molar-refractivity contribution in [2.45, 2.75) is 198 Å². The molecule has 3 aromatic carbocycles. The number of Topliss-reactive ketones (excluding diaryl/α,β-unsaturated/α-hetero) is 2. The highest BCUT2D eigenvalue weighted by atomic mass is 19.1. The fraction of sp³-hybridized carbons (Fsp3) is 0.547. The monoisotopic (exact) mass is 1030 g/mol. The molecule has 4 heterocycles. The summed E-state index contributed by atoms with van der Waals surface area (Å²) in [6.07, 6.45) is 19.4. The normalized spacial score (nSPS) is 15.2. The molecule has 7 rings (SSSR count). The lowest BCUT2D eigenvalue weighted by Crippen LogP contribution is -2.40. The standard InChI is InChI=1S/C32H36N4O2.C13H15FN2O2.C9H20.2C4H10.C2H6/c1-20(22(3)36-16-13-26(14-17-36)25-8-6-24(7-9-25)23(4)37)18-29-21(2)33-15-12-28(29)27-10-11-30-31(19-27)35(5)32(38)34-30;1-8-2-3-9(6-11(8)14)16-12-5-4-10(17)7-15-13(12)18;1-4-7-9(6-3)8-5-2;2*1-3-4-2;1-2/h6-12,15,18-19,22,26H,13-14,16-17H2,1-5H3,(H,34,38);2-3,6,12,16H,4-5,7H2,1H3,(H,15,18);9H,4-8H2,1-3H3;2*3-4H2,1-2H3;1-2H3/b20-18+;;;;;. The number of aryl methyl sites for hydroxylation is 3. The number of nitrogens with zero attached hydrogens (tertiary/aromatic N) is 3. The Kier molecular flexibility index (Phi) is 31.0. The zero-order chi connectivity index (χ0) is 56.0. The number of pyridine rings is 1. The Balaban J connectivity index is 0.000000428. The summed E-state index contributed by atoms with van der Waals surface area (Å²) in [7, 11) is 1.79. The van der Waals surface area contributed by atoms with Crippen LogP contribution in [0.1, 0.15) is 205 Å². The van der Waals surface area contributed by atoms with Gasteiger partial charge in [-0.05, 0) is 131 Å². The van der Waals surface area contributed by atoms with Crippen molar-refractivity contribution in [3.63, 3.8) is 0 Å². The van der Waals surface area contributed by atoms with E-state index in [9.17, 15) is 23.6 Å². The molecule has 2 aliphatic rings. The number of hydrogen-bond acceptors (Lipinski definition) is 7. The number of H-pyrrole nitrogens is 1. The Hall–Kier alpha value is -5.68. The van der Waals surface area contributed by atoms with Crippen LogP contribution in [-0.4, -0.2) is 68.6 Å². The number of likely N-dealkylation sites (tertiary alicyclic amines) is 1. The number of anilines is 1. The molecule has 11 heteroatoms. The van der Waals surface area contributed by atoms with Crippen LogP contribution in [0.15, 0.2) is 83.3 Å². The molecule has 0 radical (unpaired) electrons. The first-order valence-corrected chi connectivity index (χ1v) is 28.5. The molecule has 10 nitrogen and oxygen atoms in total. The summed E-state index contributed by atoms with van der Waals surface area (Å²) >= 11 is 0.